The Morgan fingerprint density at radius 2 is 1.64 bits per heavy atom. The van der Waals surface area contributed by atoms with Crippen LogP contribution in [-0.4, -0.2) is 19.6 Å². The van der Waals surface area contributed by atoms with Gasteiger partial charge in [0.15, 0.2) is 0 Å². The van der Waals surface area contributed by atoms with Gasteiger partial charge in [-0.1, -0.05) is 29.8 Å². The average molecular weight is 338 g/mol. The van der Waals surface area contributed by atoms with Gasteiger partial charge in [-0.15, -0.1) is 0 Å². The summed E-state index contributed by atoms with van der Waals surface area (Å²) in [5, 5.41) is 26.6. The summed E-state index contributed by atoms with van der Waals surface area (Å²) in [6, 6.07) is 11.3. The zero-order valence-electron chi connectivity index (χ0n) is 13.5. The predicted molar refractivity (Wildman–Crippen MR) is 91.8 cm³/mol. The van der Waals surface area contributed by atoms with Gasteiger partial charge in [-0.3, -0.25) is 20.2 Å². The molecule has 25 heavy (non-hydrogen) atoms. The van der Waals surface area contributed by atoms with Crippen LogP contribution in [0.15, 0.2) is 48.7 Å². The highest BCUT2D eigenvalue weighted by Gasteiger charge is 2.22. The van der Waals surface area contributed by atoms with E-state index in [0.29, 0.717) is 5.69 Å². The van der Waals surface area contributed by atoms with E-state index in [9.17, 15) is 20.2 Å². The van der Waals surface area contributed by atoms with Crippen LogP contribution in [0.25, 0.3) is 16.9 Å². The van der Waals surface area contributed by atoms with Crippen molar-refractivity contribution in [1.29, 1.82) is 0 Å². The summed E-state index contributed by atoms with van der Waals surface area (Å²) in [6.07, 6.45) is 1.67. The van der Waals surface area contributed by atoms with Crippen molar-refractivity contribution >= 4 is 11.4 Å². The molecule has 126 valence electrons. The zero-order valence-corrected chi connectivity index (χ0v) is 13.5. The van der Waals surface area contributed by atoms with Gasteiger partial charge in [0.05, 0.1) is 21.6 Å². The van der Waals surface area contributed by atoms with Crippen molar-refractivity contribution in [2.24, 2.45) is 0 Å². The molecule has 0 N–H and O–H groups in total. The molecule has 0 radical (unpaired) electrons. The van der Waals surface area contributed by atoms with E-state index < -0.39 is 9.85 Å². The number of nitro benzene ring substituents is 2. The molecule has 2 aromatic carbocycles. The summed E-state index contributed by atoms with van der Waals surface area (Å²) in [7, 11) is 0. The second-order valence-corrected chi connectivity index (χ2v) is 5.66. The van der Waals surface area contributed by atoms with Gasteiger partial charge in [0, 0.05) is 17.8 Å². The average Bonchev–Trinajstić information content (AvgIpc) is 2.96. The van der Waals surface area contributed by atoms with Crippen LogP contribution in [0.5, 0.6) is 0 Å². The van der Waals surface area contributed by atoms with Gasteiger partial charge >= 0.3 is 5.69 Å². The van der Waals surface area contributed by atoms with E-state index in [1.165, 1.54) is 16.8 Å². The number of benzene rings is 2. The van der Waals surface area contributed by atoms with Crippen molar-refractivity contribution in [2.45, 2.75) is 13.8 Å². The molecule has 0 unspecified atom stereocenters. The van der Waals surface area contributed by atoms with E-state index in [4.69, 9.17) is 0 Å². The number of nitrogens with zero attached hydrogens (tertiary/aromatic N) is 4. The second-order valence-electron chi connectivity index (χ2n) is 5.66. The first kappa shape index (κ1) is 16.3. The highest BCUT2D eigenvalue weighted by atomic mass is 16.6. The number of rotatable bonds is 4. The van der Waals surface area contributed by atoms with E-state index in [1.807, 2.05) is 38.1 Å². The van der Waals surface area contributed by atoms with Gasteiger partial charge in [0.2, 0.25) is 0 Å². The molecular formula is C17H14N4O4. The predicted octanol–water partition coefficient (Wildman–Crippen LogP) is 3.97. The third-order valence-electron chi connectivity index (χ3n) is 3.84. The maximum Gasteiger partial charge on any atom is 0.301 e. The molecule has 8 nitrogen and oxygen atoms in total. The first-order valence-electron chi connectivity index (χ1n) is 7.43. The minimum absolute atomic E-state index is 0.178. The first-order chi connectivity index (χ1) is 11.9. The smallest absolute Gasteiger partial charge is 0.258 e. The van der Waals surface area contributed by atoms with E-state index in [0.717, 1.165) is 22.8 Å². The largest absolute Gasteiger partial charge is 0.301 e. The number of nitro groups is 2. The normalized spacial score (nSPS) is 10.6. The van der Waals surface area contributed by atoms with Gasteiger partial charge in [0.1, 0.15) is 5.69 Å². The topological polar surface area (TPSA) is 104 Å². The Morgan fingerprint density at radius 3 is 2.24 bits per heavy atom. The van der Waals surface area contributed by atoms with Crippen molar-refractivity contribution in [3.05, 3.63) is 80.0 Å². The summed E-state index contributed by atoms with van der Waals surface area (Å²) in [4.78, 5) is 20.9. The highest BCUT2D eigenvalue weighted by Crippen LogP contribution is 2.30. The molecule has 1 heterocycles. The number of hydrogen-bond donors (Lipinski definition) is 0. The third kappa shape index (κ3) is 3.09. The van der Waals surface area contributed by atoms with Crippen LogP contribution in [0.4, 0.5) is 11.4 Å². The molecule has 0 atom stereocenters. The van der Waals surface area contributed by atoms with Gasteiger partial charge in [-0.25, -0.2) is 4.68 Å². The van der Waals surface area contributed by atoms with Crippen LogP contribution in [0, 0.1) is 34.1 Å². The van der Waals surface area contributed by atoms with Crippen molar-refractivity contribution in [2.75, 3.05) is 0 Å². The van der Waals surface area contributed by atoms with Crippen molar-refractivity contribution < 1.29 is 9.85 Å². The Morgan fingerprint density at radius 1 is 0.960 bits per heavy atom. The molecule has 8 heteroatoms. The van der Waals surface area contributed by atoms with Crippen LogP contribution < -0.4 is 0 Å². The van der Waals surface area contributed by atoms with Crippen LogP contribution >= 0.6 is 0 Å². The van der Waals surface area contributed by atoms with Crippen molar-refractivity contribution in [3.8, 4) is 16.9 Å². The summed E-state index contributed by atoms with van der Waals surface area (Å²) in [5.74, 6) is 0. The Balaban J connectivity index is 2.11. The fourth-order valence-corrected chi connectivity index (χ4v) is 2.55. The van der Waals surface area contributed by atoms with Gasteiger partial charge in [-0.05, 0) is 25.5 Å². The lowest BCUT2D eigenvalue weighted by Crippen LogP contribution is -2.02. The molecule has 0 fully saturated rings. The van der Waals surface area contributed by atoms with Crippen LogP contribution in [0.2, 0.25) is 0 Å². The van der Waals surface area contributed by atoms with Crippen LogP contribution in [-0.2, 0) is 0 Å². The monoisotopic (exact) mass is 338 g/mol. The second kappa shape index (κ2) is 6.16. The van der Waals surface area contributed by atoms with Gasteiger partial charge in [0.25, 0.3) is 5.69 Å². The minimum Gasteiger partial charge on any atom is -0.258 e. The maximum atomic E-state index is 11.3. The summed E-state index contributed by atoms with van der Waals surface area (Å²) >= 11 is 0. The van der Waals surface area contributed by atoms with E-state index in [2.05, 4.69) is 5.10 Å². The summed E-state index contributed by atoms with van der Waals surface area (Å²) in [5.41, 5.74) is 3.03. The number of non-ortho nitro benzene ring substituents is 1. The summed E-state index contributed by atoms with van der Waals surface area (Å²) in [6.45, 7) is 3.84. The molecule has 1 aromatic heterocycles. The van der Waals surface area contributed by atoms with Gasteiger partial charge < -0.3 is 0 Å². The molecule has 3 rings (SSSR count). The fourth-order valence-electron chi connectivity index (χ4n) is 2.55. The van der Waals surface area contributed by atoms with Crippen LogP contribution in [0.3, 0.4) is 0 Å². The number of aryl methyl sites for hydroxylation is 2. The maximum absolute atomic E-state index is 11.3. The molecule has 0 aliphatic carbocycles. The van der Waals surface area contributed by atoms with E-state index >= 15 is 0 Å². The standard InChI is InChI=1S/C17H14N4O4/c1-11-3-5-13(6-4-11)17-12(2)10-19(18-17)15-8-7-14(20(22)23)9-16(15)21(24)25/h3-10H,1-2H3. The number of hydrogen-bond acceptors (Lipinski definition) is 5. The molecule has 3 aromatic rings. The van der Waals surface area contributed by atoms with Gasteiger partial charge in [-0.2, -0.15) is 5.10 Å². The van der Waals surface area contributed by atoms with E-state index in [-0.39, 0.29) is 17.1 Å². The van der Waals surface area contributed by atoms with Crippen molar-refractivity contribution in [1.82, 2.24) is 9.78 Å². The Bertz CT molecular complexity index is 977. The SMILES string of the molecule is Cc1ccc(-c2nn(-c3ccc([N+](=O)[O-])cc3[N+](=O)[O-])cc2C)cc1. The lowest BCUT2D eigenvalue weighted by atomic mass is 10.1. The lowest BCUT2D eigenvalue weighted by molar-refractivity contribution is -0.394. The molecule has 0 spiro atoms. The summed E-state index contributed by atoms with van der Waals surface area (Å²) < 4.78 is 1.38. The highest BCUT2D eigenvalue weighted by molar-refractivity contribution is 5.64. The minimum atomic E-state index is -0.664. The Hall–Kier alpha value is -3.55. The Labute approximate surface area is 142 Å². The van der Waals surface area contributed by atoms with E-state index in [1.54, 1.807) is 6.20 Å². The quantitative estimate of drug-likeness (QED) is 0.529. The molecule has 0 aliphatic rings. The zero-order chi connectivity index (χ0) is 18.1. The molecule has 0 amide bonds. The Kier molecular flexibility index (Phi) is 4.02. The molecule has 0 aliphatic heterocycles. The molecular weight excluding hydrogens is 324 g/mol. The first-order valence-corrected chi connectivity index (χ1v) is 7.43. The molecule has 0 bridgehead atoms. The molecule has 0 saturated carbocycles. The third-order valence-corrected chi connectivity index (χ3v) is 3.84. The fraction of sp³-hybridized carbons (Fsp3) is 0.118. The number of aromatic nitrogens is 2. The van der Waals surface area contributed by atoms with Crippen molar-refractivity contribution in [3.63, 3.8) is 0 Å². The lowest BCUT2D eigenvalue weighted by Gasteiger charge is -2.03. The molecule has 0 saturated heterocycles. The van der Waals surface area contributed by atoms with Crippen LogP contribution in [0.1, 0.15) is 11.1 Å².